The van der Waals surface area contributed by atoms with Gasteiger partial charge in [-0.1, -0.05) is 23.7 Å². The quantitative estimate of drug-likeness (QED) is 0.710. The van der Waals surface area contributed by atoms with Crippen LogP contribution in [0, 0.1) is 6.92 Å². The van der Waals surface area contributed by atoms with Crippen molar-refractivity contribution in [3.8, 4) is 0 Å². The topological polar surface area (TPSA) is 71.3 Å². The highest BCUT2D eigenvalue weighted by atomic mass is 35.5. The third-order valence-corrected chi connectivity index (χ3v) is 3.96. The van der Waals surface area contributed by atoms with E-state index in [1.54, 1.807) is 48.5 Å². The van der Waals surface area contributed by atoms with E-state index in [1.807, 2.05) is 13.0 Å². The van der Waals surface area contributed by atoms with Crippen LogP contribution in [0.1, 0.15) is 26.5 Å². The first-order valence-corrected chi connectivity index (χ1v) is 7.93. The number of hydrogen-bond donors (Lipinski definition) is 2. The Bertz CT molecular complexity index is 920. The molecule has 0 bridgehead atoms. The summed E-state index contributed by atoms with van der Waals surface area (Å²) in [5, 5.41) is 6.05. The fourth-order valence-electron chi connectivity index (χ4n) is 2.21. The second-order valence-electron chi connectivity index (χ2n) is 5.43. The van der Waals surface area contributed by atoms with Gasteiger partial charge in [-0.15, -0.1) is 0 Å². The zero-order valence-electron chi connectivity index (χ0n) is 13.4. The Hall–Kier alpha value is -3.05. The van der Waals surface area contributed by atoms with Gasteiger partial charge in [0.15, 0.2) is 5.76 Å². The van der Waals surface area contributed by atoms with E-state index in [9.17, 15) is 9.59 Å². The lowest BCUT2D eigenvalue weighted by atomic mass is 10.1. The molecular weight excluding hydrogens is 340 g/mol. The van der Waals surface area contributed by atoms with Crippen LogP contribution in [0.3, 0.4) is 0 Å². The minimum Gasteiger partial charge on any atom is -0.459 e. The fourth-order valence-corrected chi connectivity index (χ4v) is 2.39. The maximum Gasteiger partial charge on any atom is 0.291 e. The monoisotopic (exact) mass is 354 g/mol. The van der Waals surface area contributed by atoms with E-state index in [0.717, 1.165) is 5.56 Å². The molecule has 0 aliphatic carbocycles. The first kappa shape index (κ1) is 16.8. The summed E-state index contributed by atoms with van der Waals surface area (Å²) < 4.78 is 5.04. The number of nitrogens with one attached hydrogen (secondary N) is 2. The van der Waals surface area contributed by atoms with Crippen LogP contribution in [0.4, 0.5) is 11.4 Å². The van der Waals surface area contributed by atoms with Crippen molar-refractivity contribution in [1.29, 1.82) is 0 Å². The Kier molecular flexibility index (Phi) is 4.86. The van der Waals surface area contributed by atoms with Crippen molar-refractivity contribution >= 4 is 34.8 Å². The highest BCUT2D eigenvalue weighted by Gasteiger charge is 2.11. The summed E-state index contributed by atoms with van der Waals surface area (Å²) in [6.07, 6.45) is 1.42. The third kappa shape index (κ3) is 4.08. The van der Waals surface area contributed by atoms with E-state index < -0.39 is 0 Å². The average Bonchev–Trinajstić information content (AvgIpc) is 3.13. The number of furan rings is 1. The zero-order chi connectivity index (χ0) is 17.8. The number of halogens is 1. The van der Waals surface area contributed by atoms with Crippen molar-refractivity contribution in [2.45, 2.75) is 6.92 Å². The number of carbonyl (C=O) groups excluding carboxylic acids is 2. The number of carbonyl (C=O) groups is 2. The number of aryl methyl sites for hydroxylation is 1. The van der Waals surface area contributed by atoms with E-state index in [1.165, 1.54) is 6.26 Å². The van der Waals surface area contributed by atoms with Crippen molar-refractivity contribution in [2.24, 2.45) is 0 Å². The molecule has 2 aromatic carbocycles. The molecule has 6 heteroatoms. The van der Waals surface area contributed by atoms with Gasteiger partial charge in [0.25, 0.3) is 11.8 Å². The van der Waals surface area contributed by atoms with E-state index in [0.29, 0.717) is 22.0 Å². The molecule has 2 N–H and O–H groups in total. The second kappa shape index (κ2) is 7.23. The van der Waals surface area contributed by atoms with Crippen LogP contribution in [-0.2, 0) is 0 Å². The Morgan fingerprint density at radius 1 is 0.920 bits per heavy atom. The number of rotatable bonds is 4. The molecule has 0 aliphatic heterocycles. The van der Waals surface area contributed by atoms with Gasteiger partial charge in [0.1, 0.15) is 0 Å². The molecule has 0 atom stereocenters. The summed E-state index contributed by atoms with van der Waals surface area (Å²) in [4.78, 5) is 24.4. The molecule has 0 radical (unpaired) electrons. The predicted octanol–water partition coefficient (Wildman–Crippen LogP) is 4.75. The van der Waals surface area contributed by atoms with Crippen LogP contribution < -0.4 is 10.6 Å². The van der Waals surface area contributed by atoms with Gasteiger partial charge in [-0.3, -0.25) is 9.59 Å². The molecule has 0 unspecified atom stereocenters. The standard InChI is InChI=1S/C19H15ClN2O3/c1-12-7-8-15(11-16(12)20)21-18(23)13-4-2-5-14(10-13)22-19(24)17-6-3-9-25-17/h2-11H,1H3,(H,21,23)(H,22,24). The van der Waals surface area contributed by atoms with Crippen LogP contribution in [0.25, 0.3) is 0 Å². The summed E-state index contributed by atoms with van der Waals surface area (Å²) in [5.41, 5.74) is 2.44. The highest BCUT2D eigenvalue weighted by Crippen LogP contribution is 2.21. The largest absolute Gasteiger partial charge is 0.459 e. The number of hydrogen-bond acceptors (Lipinski definition) is 3. The van der Waals surface area contributed by atoms with Gasteiger partial charge in [-0.25, -0.2) is 0 Å². The minimum absolute atomic E-state index is 0.198. The molecule has 126 valence electrons. The Morgan fingerprint density at radius 2 is 1.68 bits per heavy atom. The van der Waals surface area contributed by atoms with E-state index >= 15 is 0 Å². The molecular formula is C19H15ClN2O3. The van der Waals surface area contributed by atoms with Gasteiger partial charge in [-0.05, 0) is 55.0 Å². The maximum atomic E-state index is 12.4. The van der Waals surface area contributed by atoms with Gasteiger partial charge in [0.05, 0.1) is 6.26 Å². The molecule has 0 spiro atoms. The lowest BCUT2D eigenvalue weighted by molar-refractivity contribution is 0.0993. The Balaban J connectivity index is 1.73. The molecule has 5 nitrogen and oxygen atoms in total. The van der Waals surface area contributed by atoms with E-state index in [-0.39, 0.29) is 17.6 Å². The minimum atomic E-state index is -0.382. The number of anilines is 2. The molecule has 3 aromatic rings. The molecule has 1 aromatic heterocycles. The normalized spacial score (nSPS) is 10.3. The van der Waals surface area contributed by atoms with Crippen molar-refractivity contribution in [3.63, 3.8) is 0 Å². The van der Waals surface area contributed by atoms with Crippen LogP contribution >= 0.6 is 11.6 Å². The van der Waals surface area contributed by atoms with Crippen LogP contribution in [0.5, 0.6) is 0 Å². The predicted molar refractivity (Wildman–Crippen MR) is 97.2 cm³/mol. The van der Waals surface area contributed by atoms with Crippen molar-refractivity contribution in [3.05, 3.63) is 82.8 Å². The van der Waals surface area contributed by atoms with E-state index in [4.69, 9.17) is 16.0 Å². The first-order valence-electron chi connectivity index (χ1n) is 7.55. The van der Waals surface area contributed by atoms with Crippen LogP contribution in [-0.4, -0.2) is 11.8 Å². The summed E-state index contributed by atoms with van der Waals surface area (Å²) >= 11 is 6.07. The van der Waals surface area contributed by atoms with Gasteiger partial charge in [0.2, 0.25) is 0 Å². The zero-order valence-corrected chi connectivity index (χ0v) is 14.1. The summed E-state index contributed by atoms with van der Waals surface area (Å²) in [6, 6.07) is 15.1. The smallest absolute Gasteiger partial charge is 0.291 e. The molecule has 0 fully saturated rings. The number of benzene rings is 2. The SMILES string of the molecule is Cc1ccc(NC(=O)c2cccc(NC(=O)c3ccco3)c2)cc1Cl. The summed E-state index contributed by atoms with van der Waals surface area (Å²) in [6.45, 7) is 1.89. The molecule has 0 saturated heterocycles. The van der Waals surface area contributed by atoms with Crippen LogP contribution in [0.2, 0.25) is 5.02 Å². The Labute approximate surface area is 149 Å². The van der Waals surface area contributed by atoms with Crippen molar-refractivity contribution < 1.29 is 14.0 Å². The van der Waals surface area contributed by atoms with Crippen LogP contribution in [0.15, 0.2) is 65.3 Å². The molecule has 0 aliphatic rings. The second-order valence-corrected chi connectivity index (χ2v) is 5.84. The molecule has 2 amide bonds. The molecule has 0 saturated carbocycles. The average molecular weight is 355 g/mol. The maximum absolute atomic E-state index is 12.4. The lowest BCUT2D eigenvalue weighted by Crippen LogP contribution is -2.14. The van der Waals surface area contributed by atoms with E-state index in [2.05, 4.69) is 10.6 Å². The number of amides is 2. The van der Waals surface area contributed by atoms with Crippen molar-refractivity contribution in [1.82, 2.24) is 0 Å². The lowest BCUT2D eigenvalue weighted by Gasteiger charge is -2.09. The summed E-state index contributed by atoms with van der Waals surface area (Å²) in [5.74, 6) is -0.481. The van der Waals surface area contributed by atoms with Gasteiger partial charge in [0, 0.05) is 22.0 Å². The van der Waals surface area contributed by atoms with Gasteiger partial charge < -0.3 is 15.1 Å². The van der Waals surface area contributed by atoms with Crippen molar-refractivity contribution in [2.75, 3.05) is 10.6 Å². The third-order valence-electron chi connectivity index (χ3n) is 3.56. The Morgan fingerprint density at radius 3 is 2.40 bits per heavy atom. The first-order chi connectivity index (χ1) is 12.0. The fraction of sp³-hybridized carbons (Fsp3) is 0.0526. The molecule has 3 rings (SSSR count). The highest BCUT2D eigenvalue weighted by molar-refractivity contribution is 6.31. The van der Waals surface area contributed by atoms with Gasteiger partial charge >= 0.3 is 0 Å². The molecule has 1 heterocycles. The molecule has 25 heavy (non-hydrogen) atoms. The summed E-state index contributed by atoms with van der Waals surface area (Å²) in [7, 11) is 0. The van der Waals surface area contributed by atoms with Gasteiger partial charge in [-0.2, -0.15) is 0 Å².